The van der Waals surface area contributed by atoms with Crippen LogP contribution in [0.2, 0.25) is 0 Å². The smallest absolute Gasteiger partial charge is 0.230 e. The molecule has 0 bridgehead atoms. The fourth-order valence-corrected chi connectivity index (χ4v) is 3.12. The van der Waals surface area contributed by atoms with Crippen molar-refractivity contribution in [1.29, 1.82) is 0 Å². The number of piperidine rings is 1. The van der Waals surface area contributed by atoms with Gasteiger partial charge in [-0.1, -0.05) is 31.2 Å². The lowest BCUT2D eigenvalue weighted by Crippen LogP contribution is -2.50. The van der Waals surface area contributed by atoms with Gasteiger partial charge in [0.2, 0.25) is 5.91 Å². The van der Waals surface area contributed by atoms with Crippen molar-refractivity contribution in [2.75, 3.05) is 20.1 Å². The lowest BCUT2D eigenvalue weighted by molar-refractivity contribution is -0.142. The van der Waals surface area contributed by atoms with Gasteiger partial charge in [-0.15, -0.1) is 0 Å². The molecule has 3 nitrogen and oxygen atoms in total. The summed E-state index contributed by atoms with van der Waals surface area (Å²) in [7, 11) is 1.93. The second kappa shape index (κ2) is 6.40. The maximum Gasteiger partial charge on any atom is 0.230 e. The number of hydrogen-bond donors (Lipinski definition) is 1. The summed E-state index contributed by atoms with van der Waals surface area (Å²) in [4.78, 5) is 14.8. The minimum atomic E-state index is -0.199. The number of benzene rings is 1. The third kappa shape index (κ3) is 3.04. The van der Waals surface area contributed by atoms with E-state index in [2.05, 4.69) is 31.3 Å². The largest absolute Gasteiger partial charge is 0.341 e. The van der Waals surface area contributed by atoms with Crippen molar-refractivity contribution in [2.45, 2.75) is 39.7 Å². The first-order valence-corrected chi connectivity index (χ1v) is 7.60. The van der Waals surface area contributed by atoms with Crippen LogP contribution in [0.3, 0.4) is 0 Å². The molecule has 1 aromatic carbocycles. The van der Waals surface area contributed by atoms with Gasteiger partial charge in [-0.2, -0.15) is 0 Å². The summed E-state index contributed by atoms with van der Waals surface area (Å²) < 4.78 is 0. The standard InChI is InChI=1S/C17H26N2O/c1-4-17(10-7-11-18-13-17)16(20)19(3)12-15-9-6-5-8-14(15)2/h5-6,8-9,18H,4,7,10-13H2,1-3H3. The van der Waals surface area contributed by atoms with Crippen LogP contribution in [0.4, 0.5) is 0 Å². The van der Waals surface area contributed by atoms with Crippen LogP contribution in [0.15, 0.2) is 24.3 Å². The van der Waals surface area contributed by atoms with Gasteiger partial charge in [0.25, 0.3) is 0 Å². The molecule has 1 amide bonds. The minimum absolute atomic E-state index is 0.199. The first kappa shape index (κ1) is 15.0. The molecule has 1 fully saturated rings. The predicted octanol–water partition coefficient (Wildman–Crippen LogP) is 2.73. The van der Waals surface area contributed by atoms with E-state index in [9.17, 15) is 4.79 Å². The molecule has 0 spiro atoms. The maximum atomic E-state index is 12.9. The van der Waals surface area contributed by atoms with Gasteiger partial charge in [0, 0.05) is 20.1 Å². The average molecular weight is 274 g/mol. The molecule has 1 aromatic rings. The van der Waals surface area contributed by atoms with Crippen molar-refractivity contribution in [1.82, 2.24) is 10.2 Å². The number of nitrogens with zero attached hydrogens (tertiary/aromatic N) is 1. The van der Waals surface area contributed by atoms with Crippen molar-refractivity contribution >= 4 is 5.91 Å². The summed E-state index contributed by atoms with van der Waals surface area (Å²) in [5.41, 5.74) is 2.29. The fourth-order valence-electron chi connectivity index (χ4n) is 3.12. The van der Waals surface area contributed by atoms with E-state index in [-0.39, 0.29) is 11.3 Å². The van der Waals surface area contributed by atoms with Gasteiger partial charge in [0.15, 0.2) is 0 Å². The molecule has 0 aliphatic carbocycles. The van der Waals surface area contributed by atoms with Crippen molar-refractivity contribution in [2.24, 2.45) is 5.41 Å². The molecule has 1 N–H and O–H groups in total. The first-order chi connectivity index (χ1) is 9.59. The number of aryl methyl sites for hydroxylation is 1. The third-order valence-electron chi connectivity index (χ3n) is 4.62. The van der Waals surface area contributed by atoms with E-state index < -0.39 is 0 Å². The Kier molecular flexibility index (Phi) is 4.81. The molecule has 3 heteroatoms. The first-order valence-electron chi connectivity index (χ1n) is 7.60. The van der Waals surface area contributed by atoms with Gasteiger partial charge in [0.05, 0.1) is 5.41 Å². The van der Waals surface area contributed by atoms with Crippen LogP contribution in [0.25, 0.3) is 0 Å². The van der Waals surface area contributed by atoms with Crippen molar-refractivity contribution in [3.8, 4) is 0 Å². The van der Waals surface area contributed by atoms with Crippen LogP contribution in [-0.4, -0.2) is 30.9 Å². The highest BCUT2D eigenvalue weighted by Crippen LogP contribution is 2.32. The normalized spacial score (nSPS) is 22.6. The lowest BCUT2D eigenvalue weighted by atomic mass is 9.77. The Morgan fingerprint density at radius 2 is 2.15 bits per heavy atom. The van der Waals surface area contributed by atoms with Crippen LogP contribution in [0.1, 0.15) is 37.3 Å². The zero-order valence-electron chi connectivity index (χ0n) is 12.9. The molecule has 0 aromatic heterocycles. The second-order valence-electron chi connectivity index (χ2n) is 6.00. The summed E-state index contributed by atoms with van der Waals surface area (Å²) in [6.45, 7) is 6.79. The Morgan fingerprint density at radius 1 is 1.40 bits per heavy atom. The number of nitrogens with one attached hydrogen (secondary N) is 1. The molecule has 20 heavy (non-hydrogen) atoms. The number of rotatable bonds is 4. The minimum Gasteiger partial charge on any atom is -0.341 e. The van der Waals surface area contributed by atoms with E-state index in [1.807, 2.05) is 24.1 Å². The molecule has 0 radical (unpaired) electrons. The van der Waals surface area contributed by atoms with Crippen LogP contribution in [0.5, 0.6) is 0 Å². The highest BCUT2D eigenvalue weighted by atomic mass is 16.2. The molecule has 2 rings (SSSR count). The Hall–Kier alpha value is -1.35. The van der Waals surface area contributed by atoms with E-state index in [1.165, 1.54) is 11.1 Å². The third-order valence-corrected chi connectivity index (χ3v) is 4.62. The van der Waals surface area contributed by atoms with E-state index in [1.54, 1.807) is 0 Å². The summed E-state index contributed by atoms with van der Waals surface area (Å²) in [5.74, 6) is 0.287. The molecule has 1 aliphatic rings. The highest BCUT2D eigenvalue weighted by Gasteiger charge is 2.39. The molecule has 0 saturated carbocycles. The van der Waals surface area contributed by atoms with Crippen molar-refractivity contribution in [3.05, 3.63) is 35.4 Å². The lowest BCUT2D eigenvalue weighted by Gasteiger charge is -2.38. The molecule has 110 valence electrons. The SMILES string of the molecule is CCC1(C(=O)N(C)Cc2ccccc2C)CCCNC1. The van der Waals surface area contributed by atoms with Gasteiger partial charge >= 0.3 is 0 Å². The quantitative estimate of drug-likeness (QED) is 0.915. The summed E-state index contributed by atoms with van der Waals surface area (Å²) >= 11 is 0. The Morgan fingerprint density at radius 3 is 2.75 bits per heavy atom. The molecular formula is C17H26N2O. The molecule has 1 atom stereocenters. The van der Waals surface area contributed by atoms with Crippen molar-refractivity contribution < 1.29 is 4.79 Å². The summed E-state index contributed by atoms with van der Waals surface area (Å²) in [5, 5.41) is 3.39. The molecule has 1 aliphatic heterocycles. The van der Waals surface area contributed by atoms with E-state index >= 15 is 0 Å². The van der Waals surface area contributed by atoms with Gasteiger partial charge in [-0.25, -0.2) is 0 Å². The molecule has 1 unspecified atom stereocenters. The number of carbonyl (C=O) groups excluding carboxylic acids is 1. The van der Waals surface area contributed by atoms with Gasteiger partial charge in [-0.3, -0.25) is 4.79 Å². The summed E-state index contributed by atoms with van der Waals surface area (Å²) in [6, 6.07) is 8.29. The van der Waals surface area contributed by atoms with E-state index in [4.69, 9.17) is 0 Å². The van der Waals surface area contributed by atoms with Crippen LogP contribution in [0, 0.1) is 12.3 Å². The maximum absolute atomic E-state index is 12.9. The Labute approximate surface area is 122 Å². The molecule has 1 saturated heterocycles. The monoisotopic (exact) mass is 274 g/mol. The molecular weight excluding hydrogens is 248 g/mol. The number of amides is 1. The average Bonchev–Trinajstić information content (AvgIpc) is 2.49. The van der Waals surface area contributed by atoms with E-state index in [0.29, 0.717) is 6.54 Å². The van der Waals surface area contributed by atoms with Gasteiger partial charge in [0.1, 0.15) is 0 Å². The zero-order chi connectivity index (χ0) is 14.6. The van der Waals surface area contributed by atoms with Gasteiger partial charge in [-0.05, 0) is 43.9 Å². The van der Waals surface area contributed by atoms with E-state index in [0.717, 1.165) is 32.4 Å². The van der Waals surface area contributed by atoms with Crippen LogP contribution in [-0.2, 0) is 11.3 Å². The van der Waals surface area contributed by atoms with Crippen LogP contribution < -0.4 is 5.32 Å². The fraction of sp³-hybridized carbons (Fsp3) is 0.588. The number of hydrogen-bond acceptors (Lipinski definition) is 2. The van der Waals surface area contributed by atoms with Crippen LogP contribution >= 0.6 is 0 Å². The Balaban J connectivity index is 2.10. The summed E-state index contributed by atoms with van der Waals surface area (Å²) in [6.07, 6.45) is 3.02. The van der Waals surface area contributed by atoms with Gasteiger partial charge < -0.3 is 10.2 Å². The Bertz CT molecular complexity index is 464. The molecule has 1 heterocycles. The highest BCUT2D eigenvalue weighted by molar-refractivity contribution is 5.83. The predicted molar refractivity (Wildman–Crippen MR) is 82.5 cm³/mol. The zero-order valence-corrected chi connectivity index (χ0v) is 12.9. The second-order valence-corrected chi connectivity index (χ2v) is 6.00. The van der Waals surface area contributed by atoms with Crippen molar-refractivity contribution in [3.63, 3.8) is 0 Å². The number of carbonyl (C=O) groups is 1. The topological polar surface area (TPSA) is 32.3 Å².